The third-order valence-electron chi connectivity index (χ3n) is 4.86. The highest BCUT2D eigenvalue weighted by atomic mass is 16.6. The number of carbonyl (C=O) groups is 2. The lowest BCUT2D eigenvalue weighted by atomic mass is 9.92. The second kappa shape index (κ2) is 10.1. The van der Waals surface area contributed by atoms with Gasteiger partial charge >= 0.3 is 5.97 Å². The van der Waals surface area contributed by atoms with Gasteiger partial charge in [0.05, 0.1) is 10.5 Å². The molecule has 0 spiro atoms. The monoisotopic (exact) mass is 427 g/mol. The predicted octanol–water partition coefficient (Wildman–Crippen LogP) is 4.70. The highest BCUT2D eigenvalue weighted by Gasteiger charge is 2.21. The van der Waals surface area contributed by atoms with Crippen LogP contribution in [0.25, 0.3) is 0 Å². The van der Waals surface area contributed by atoms with Gasteiger partial charge in [-0.05, 0) is 35.1 Å². The molecular formula is C23H29N3O5. The van der Waals surface area contributed by atoms with Gasteiger partial charge in [-0.25, -0.2) is 4.79 Å². The molecule has 0 aliphatic carbocycles. The third kappa shape index (κ3) is 5.81. The lowest BCUT2D eigenvalue weighted by Gasteiger charge is -2.20. The van der Waals surface area contributed by atoms with Crippen molar-refractivity contribution in [1.29, 1.82) is 0 Å². The maximum Gasteiger partial charge on any atom is 0.338 e. The van der Waals surface area contributed by atoms with Gasteiger partial charge in [-0.15, -0.1) is 0 Å². The fourth-order valence-corrected chi connectivity index (χ4v) is 3.26. The summed E-state index contributed by atoms with van der Waals surface area (Å²) < 4.78 is 5.11. The van der Waals surface area contributed by atoms with E-state index in [0.717, 1.165) is 22.9 Å². The van der Waals surface area contributed by atoms with Crippen LogP contribution in [0.1, 0.15) is 61.0 Å². The Labute approximate surface area is 182 Å². The molecule has 0 heterocycles. The van der Waals surface area contributed by atoms with E-state index in [-0.39, 0.29) is 23.1 Å². The Morgan fingerprint density at radius 2 is 1.65 bits per heavy atom. The minimum absolute atomic E-state index is 0.00977. The number of para-hydroxylation sites is 1. The van der Waals surface area contributed by atoms with Gasteiger partial charge in [-0.2, -0.15) is 0 Å². The molecule has 166 valence electrons. The molecule has 31 heavy (non-hydrogen) atoms. The Bertz CT molecular complexity index is 957. The summed E-state index contributed by atoms with van der Waals surface area (Å²) in [5, 5.41) is 14.2. The van der Waals surface area contributed by atoms with Crippen molar-refractivity contribution < 1.29 is 19.2 Å². The quantitative estimate of drug-likeness (QED) is 0.372. The first-order valence-corrected chi connectivity index (χ1v) is 10.1. The van der Waals surface area contributed by atoms with Crippen LogP contribution in [0.5, 0.6) is 0 Å². The molecule has 8 nitrogen and oxygen atoms in total. The van der Waals surface area contributed by atoms with Crippen LogP contribution in [-0.4, -0.2) is 37.5 Å². The van der Waals surface area contributed by atoms with E-state index in [2.05, 4.69) is 5.32 Å². The second-order valence-electron chi connectivity index (χ2n) is 8.10. The van der Waals surface area contributed by atoms with E-state index >= 15 is 0 Å². The molecule has 1 N–H and O–H groups in total. The first-order chi connectivity index (χ1) is 14.5. The molecule has 0 saturated heterocycles. The van der Waals surface area contributed by atoms with E-state index < -0.39 is 23.4 Å². The van der Waals surface area contributed by atoms with Crippen molar-refractivity contribution in [3.05, 3.63) is 63.2 Å². The average Bonchev–Trinajstić information content (AvgIpc) is 2.71. The van der Waals surface area contributed by atoms with Gasteiger partial charge in [0.15, 0.2) is 6.61 Å². The molecule has 2 aromatic rings. The molecule has 1 amide bonds. The van der Waals surface area contributed by atoms with E-state index in [0.29, 0.717) is 5.69 Å². The van der Waals surface area contributed by atoms with Crippen LogP contribution >= 0.6 is 0 Å². The molecule has 0 saturated carbocycles. The number of ether oxygens (including phenoxy) is 1. The number of amides is 1. The van der Waals surface area contributed by atoms with Gasteiger partial charge < -0.3 is 15.0 Å². The number of esters is 1. The normalized spacial score (nSPS) is 10.8. The minimum atomic E-state index is -0.801. The number of nitro benzene ring substituents is 1. The summed E-state index contributed by atoms with van der Waals surface area (Å²) in [6.07, 6.45) is 0. The lowest BCUT2D eigenvalue weighted by molar-refractivity contribution is -0.384. The summed E-state index contributed by atoms with van der Waals surface area (Å²) in [5.41, 5.74) is 2.90. The average molecular weight is 428 g/mol. The molecule has 0 fully saturated rings. The van der Waals surface area contributed by atoms with Gasteiger partial charge in [0.2, 0.25) is 0 Å². The smallest absolute Gasteiger partial charge is 0.338 e. The Balaban J connectivity index is 2.15. The molecule has 0 radical (unpaired) electrons. The number of rotatable bonds is 8. The number of nitrogens with zero attached hydrogens (tertiary/aromatic N) is 2. The SMILES string of the molecule is CC(C)c1cccc(C(C)C)c1NC(=O)COC(=O)c1ccc(N(C)C)c([N+](=O)[O-])c1. The molecule has 0 aliphatic rings. The van der Waals surface area contributed by atoms with Crippen molar-refractivity contribution in [2.24, 2.45) is 0 Å². The summed E-state index contributed by atoms with van der Waals surface area (Å²) in [6.45, 7) is 7.67. The highest BCUT2D eigenvalue weighted by molar-refractivity contribution is 5.97. The molecular weight excluding hydrogens is 398 g/mol. The number of nitrogens with one attached hydrogen (secondary N) is 1. The summed E-state index contributed by atoms with van der Waals surface area (Å²) in [7, 11) is 3.34. The van der Waals surface area contributed by atoms with Gasteiger partial charge in [0, 0.05) is 25.8 Å². The zero-order valence-corrected chi connectivity index (χ0v) is 18.8. The summed E-state index contributed by atoms with van der Waals surface area (Å²) in [6, 6.07) is 9.95. The molecule has 8 heteroatoms. The third-order valence-corrected chi connectivity index (χ3v) is 4.86. The zero-order valence-electron chi connectivity index (χ0n) is 18.8. The van der Waals surface area contributed by atoms with Crippen molar-refractivity contribution in [1.82, 2.24) is 0 Å². The number of hydrogen-bond donors (Lipinski definition) is 1. The van der Waals surface area contributed by atoms with Crippen LogP contribution in [0, 0.1) is 10.1 Å². The minimum Gasteiger partial charge on any atom is -0.452 e. The van der Waals surface area contributed by atoms with E-state index in [4.69, 9.17) is 4.74 Å². The topological polar surface area (TPSA) is 102 Å². The van der Waals surface area contributed by atoms with E-state index in [9.17, 15) is 19.7 Å². The zero-order chi connectivity index (χ0) is 23.3. The van der Waals surface area contributed by atoms with Crippen molar-refractivity contribution in [2.45, 2.75) is 39.5 Å². The van der Waals surface area contributed by atoms with Crippen molar-refractivity contribution in [3.8, 4) is 0 Å². The second-order valence-corrected chi connectivity index (χ2v) is 8.10. The molecule has 0 aromatic heterocycles. The van der Waals surface area contributed by atoms with Gasteiger partial charge in [0.25, 0.3) is 11.6 Å². The molecule has 0 atom stereocenters. The van der Waals surface area contributed by atoms with Crippen LogP contribution < -0.4 is 10.2 Å². The molecule has 2 aromatic carbocycles. The number of nitro groups is 1. The number of carbonyl (C=O) groups excluding carboxylic acids is 2. The molecule has 2 rings (SSSR count). The van der Waals surface area contributed by atoms with E-state index in [1.807, 2.05) is 45.9 Å². The number of hydrogen-bond acceptors (Lipinski definition) is 6. The Kier molecular flexibility index (Phi) is 7.74. The van der Waals surface area contributed by atoms with Crippen LogP contribution in [0.2, 0.25) is 0 Å². The molecule has 0 unspecified atom stereocenters. The summed E-state index contributed by atoms with van der Waals surface area (Å²) in [5.74, 6) is -0.868. The highest BCUT2D eigenvalue weighted by Crippen LogP contribution is 2.32. The fraction of sp³-hybridized carbons (Fsp3) is 0.391. The van der Waals surface area contributed by atoms with Gasteiger partial charge in [0.1, 0.15) is 5.69 Å². The maximum atomic E-state index is 12.5. The van der Waals surface area contributed by atoms with E-state index in [1.54, 1.807) is 19.0 Å². The van der Waals surface area contributed by atoms with Gasteiger partial charge in [-0.1, -0.05) is 45.9 Å². The first-order valence-electron chi connectivity index (χ1n) is 10.1. The predicted molar refractivity (Wildman–Crippen MR) is 121 cm³/mol. The fourth-order valence-electron chi connectivity index (χ4n) is 3.26. The Morgan fingerprint density at radius 1 is 1.06 bits per heavy atom. The van der Waals surface area contributed by atoms with Crippen LogP contribution in [0.4, 0.5) is 17.1 Å². The van der Waals surface area contributed by atoms with Crippen molar-refractivity contribution in [3.63, 3.8) is 0 Å². The van der Waals surface area contributed by atoms with Crippen LogP contribution in [0.3, 0.4) is 0 Å². The Hall–Kier alpha value is -3.42. The van der Waals surface area contributed by atoms with Crippen LogP contribution in [-0.2, 0) is 9.53 Å². The van der Waals surface area contributed by atoms with Gasteiger partial charge in [-0.3, -0.25) is 14.9 Å². The summed E-state index contributed by atoms with van der Waals surface area (Å²) in [4.78, 5) is 37.2. The number of anilines is 2. The largest absolute Gasteiger partial charge is 0.452 e. The first kappa shape index (κ1) is 23.9. The molecule has 0 bridgehead atoms. The lowest BCUT2D eigenvalue weighted by Crippen LogP contribution is -2.23. The summed E-state index contributed by atoms with van der Waals surface area (Å²) >= 11 is 0. The standard InChI is InChI=1S/C23H29N3O5/c1-14(2)17-8-7-9-18(15(3)4)22(17)24-21(27)13-31-23(28)16-10-11-19(25(5)6)20(12-16)26(29)30/h7-12,14-15H,13H2,1-6H3,(H,24,27). The number of benzene rings is 2. The maximum absolute atomic E-state index is 12.5. The molecule has 0 aliphatic heterocycles. The van der Waals surface area contributed by atoms with Crippen LogP contribution in [0.15, 0.2) is 36.4 Å². The van der Waals surface area contributed by atoms with Crippen molar-refractivity contribution in [2.75, 3.05) is 30.9 Å². The van der Waals surface area contributed by atoms with Crippen molar-refractivity contribution >= 4 is 28.9 Å². The Morgan fingerprint density at radius 3 is 2.13 bits per heavy atom. The van der Waals surface area contributed by atoms with E-state index in [1.165, 1.54) is 12.1 Å².